The van der Waals surface area contributed by atoms with Gasteiger partial charge in [0.1, 0.15) is 6.10 Å². The van der Waals surface area contributed by atoms with Crippen molar-refractivity contribution in [2.24, 2.45) is 0 Å². The smallest absolute Gasteiger partial charge is 0.233 e. The molecule has 3 rings (SSSR count). The molecule has 0 amide bonds. The Hall–Kier alpha value is -1.99. The minimum Gasteiger partial charge on any atom is -0.472 e. The Bertz CT molecular complexity index is 804. The summed E-state index contributed by atoms with van der Waals surface area (Å²) in [6.45, 7) is 4.73. The van der Waals surface area contributed by atoms with Crippen molar-refractivity contribution in [2.45, 2.75) is 38.5 Å². The van der Waals surface area contributed by atoms with Gasteiger partial charge in [0.05, 0.1) is 18.0 Å². The highest BCUT2D eigenvalue weighted by atomic mass is 32.2. The number of ether oxygens (including phenoxy) is 1. The second-order valence-corrected chi connectivity index (χ2v) is 8.46. The van der Waals surface area contributed by atoms with E-state index in [1.165, 1.54) is 4.31 Å². The molecule has 25 heavy (non-hydrogen) atoms. The Morgan fingerprint density at radius 1 is 1.12 bits per heavy atom. The van der Waals surface area contributed by atoms with E-state index in [4.69, 9.17) is 4.74 Å². The van der Waals surface area contributed by atoms with Crippen LogP contribution in [0, 0.1) is 13.8 Å². The van der Waals surface area contributed by atoms with Crippen molar-refractivity contribution in [3.05, 3.63) is 53.2 Å². The fourth-order valence-corrected chi connectivity index (χ4v) is 4.46. The molecule has 0 N–H and O–H groups in total. The number of piperidine rings is 1. The van der Waals surface area contributed by atoms with Crippen LogP contribution in [0.5, 0.6) is 5.88 Å². The van der Waals surface area contributed by atoms with Crippen LogP contribution in [0.1, 0.15) is 29.7 Å². The van der Waals surface area contributed by atoms with Crippen LogP contribution in [0.4, 0.5) is 0 Å². The van der Waals surface area contributed by atoms with Crippen molar-refractivity contribution in [1.29, 1.82) is 0 Å². The molecule has 0 saturated carbocycles. The summed E-state index contributed by atoms with van der Waals surface area (Å²) < 4.78 is 32.8. The van der Waals surface area contributed by atoms with Crippen molar-refractivity contribution in [1.82, 2.24) is 14.5 Å². The Morgan fingerprint density at radius 3 is 2.56 bits per heavy atom. The molecule has 1 fully saturated rings. The molecule has 1 saturated heterocycles. The molecule has 0 aliphatic carbocycles. The van der Waals surface area contributed by atoms with Gasteiger partial charge in [0.25, 0.3) is 0 Å². The number of sulfonamides is 1. The predicted molar refractivity (Wildman–Crippen MR) is 95.8 cm³/mol. The maximum atomic E-state index is 12.7. The molecule has 2 heterocycles. The highest BCUT2D eigenvalue weighted by Crippen LogP contribution is 2.21. The molecule has 1 aromatic carbocycles. The van der Waals surface area contributed by atoms with Crippen LogP contribution in [0.25, 0.3) is 0 Å². The SMILES string of the molecule is Cc1ccc(CS(=O)(=O)N2CCCC(Oc3ccc(C)nn3)C2)cc1. The zero-order valence-corrected chi connectivity index (χ0v) is 15.4. The molecule has 0 bridgehead atoms. The minimum absolute atomic E-state index is 0.0182. The third kappa shape index (κ3) is 4.76. The first-order chi connectivity index (χ1) is 11.9. The Morgan fingerprint density at radius 2 is 1.88 bits per heavy atom. The lowest BCUT2D eigenvalue weighted by Crippen LogP contribution is -2.44. The first-order valence-corrected chi connectivity index (χ1v) is 10.0. The van der Waals surface area contributed by atoms with Crippen molar-refractivity contribution >= 4 is 10.0 Å². The lowest BCUT2D eigenvalue weighted by Gasteiger charge is -2.31. The molecular weight excluding hydrogens is 338 g/mol. The standard InChI is InChI=1S/C18H23N3O3S/c1-14-5-8-16(9-6-14)13-25(22,23)21-11-3-4-17(12-21)24-18-10-7-15(2)19-20-18/h5-10,17H,3-4,11-13H2,1-2H3. The molecule has 7 heteroatoms. The van der Waals surface area contributed by atoms with Crippen LogP contribution in [0.15, 0.2) is 36.4 Å². The molecule has 0 spiro atoms. The molecule has 1 aliphatic heterocycles. The van der Waals surface area contributed by atoms with Gasteiger partial charge in [-0.1, -0.05) is 29.8 Å². The topological polar surface area (TPSA) is 72.4 Å². The van der Waals surface area contributed by atoms with Gasteiger partial charge < -0.3 is 4.74 Å². The second kappa shape index (κ2) is 7.49. The fraction of sp³-hybridized carbons (Fsp3) is 0.444. The van der Waals surface area contributed by atoms with Crippen LogP contribution in [-0.2, 0) is 15.8 Å². The van der Waals surface area contributed by atoms with Gasteiger partial charge in [-0.15, -0.1) is 5.10 Å². The summed E-state index contributed by atoms with van der Waals surface area (Å²) in [7, 11) is -3.36. The van der Waals surface area contributed by atoms with Crippen LogP contribution in [0.3, 0.4) is 0 Å². The first-order valence-electron chi connectivity index (χ1n) is 8.43. The molecule has 6 nitrogen and oxygen atoms in total. The van der Waals surface area contributed by atoms with E-state index in [1.807, 2.05) is 44.2 Å². The lowest BCUT2D eigenvalue weighted by molar-refractivity contribution is 0.123. The van der Waals surface area contributed by atoms with Crippen LogP contribution < -0.4 is 4.74 Å². The van der Waals surface area contributed by atoms with Gasteiger partial charge in [-0.05, 0) is 38.3 Å². The van der Waals surface area contributed by atoms with Gasteiger partial charge in [-0.2, -0.15) is 9.40 Å². The van der Waals surface area contributed by atoms with Gasteiger partial charge in [0.2, 0.25) is 15.9 Å². The predicted octanol–water partition coefficient (Wildman–Crippen LogP) is 2.47. The van der Waals surface area contributed by atoms with Crippen molar-refractivity contribution in [2.75, 3.05) is 13.1 Å². The number of benzene rings is 1. The summed E-state index contributed by atoms with van der Waals surface area (Å²) in [6, 6.07) is 11.2. The highest BCUT2D eigenvalue weighted by Gasteiger charge is 2.30. The largest absolute Gasteiger partial charge is 0.472 e. The number of aryl methyl sites for hydroxylation is 2. The second-order valence-electron chi connectivity index (χ2n) is 6.49. The average Bonchev–Trinajstić information content (AvgIpc) is 2.59. The van der Waals surface area contributed by atoms with Crippen LogP contribution >= 0.6 is 0 Å². The molecule has 1 aromatic heterocycles. The van der Waals surface area contributed by atoms with Gasteiger partial charge in [-0.3, -0.25) is 0 Å². The van der Waals surface area contributed by atoms with Gasteiger partial charge in [0.15, 0.2) is 0 Å². The minimum atomic E-state index is -3.36. The van der Waals surface area contributed by atoms with E-state index in [1.54, 1.807) is 6.07 Å². The number of nitrogens with zero attached hydrogens (tertiary/aromatic N) is 3. The number of hydrogen-bond acceptors (Lipinski definition) is 5. The van der Waals surface area contributed by atoms with Gasteiger partial charge >= 0.3 is 0 Å². The Kier molecular flexibility index (Phi) is 5.34. The zero-order valence-electron chi connectivity index (χ0n) is 14.6. The van der Waals surface area contributed by atoms with E-state index in [-0.39, 0.29) is 11.9 Å². The van der Waals surface area contributed by atoms with E-state index in [9.17, 15) is 8.42 Å². The van der Waals surface area contributed by atoms with E-state index < -0.39 is 10.0 Å². The first kappa shape index (κ1) is 17.8. The number of hydrogen-bond donors (Lipinski definition) is 0. The van der Waals surface area contributed by atoms with Gasteiger partial charge in [0, 0.05) is 12.6 Å². The Balaban J connectivity index is 1.65. The third-order valence-corrected chi connectivity index (χ3v) is 6.08. The molecule has 134 valence electrons. The summed E-state index contributed by atoms with van der Waals surface area (Å²) in [5, 5.41) is 7.96. The molecule has 1 aliphatic rings. The summed E-state index contributed by atoms with van der Waals surface area (Å²) in [4.78, 5) is 0. The third-order valence-electron chi connectivity index (χ3n) is 4.26. The zero-order chi connectivity index (χ0) is 17.9. The number of aromatic nitrogens is 2. The average molecular weight is 361 g/mol. The maximum Gasteiger partial charge on any atom is 0.233 e. The summed E-state index contributed by atoms with van der Waals surface area (Å²) in [5.41, 5.74) is 2.74. The van der Waals surface area contributed by atoms with Crippen molar-refractivity contribution in [3.8, 4) is 5.88 Å². The maximum absolute atomic E-state index is 12.7. The van der Waals surface area contributed by atoms with Crippen molar-refractivity contribution in [3.63, 3.8) is 0 Å². The summed E-state index contributed by atoms with van der Waals surface area (Å²) in [5.74, 6) is 0.457. The van der Waals surface area contributed by atoms with Crippen LogP contribution in [-0.4, -0.2) is 42.1 Å². The monoisotopic (exact) mass is 361 g/mol. The molecule has 1 atom stereocenters. The summed E-state index contributed by atoms with van der Waals surface area (Å²) >= 11 is 0. The van der Waals surface area contributed by atoms with E-state index in [0.29, 0.717) is 19.0 Å². The molecular formula is C18H23N3O3S. The van der Waals surface area contributed by atoms with E-state index >= 15 is 0 Å². The van der Waals surface area contributed by atoms with Crippen LogP contribution in [0.2, 0.25) is 0 Å². The normalized spacial score (nSPS) is 18.9. The van der Waals surface area contributed by atoms with Gasteiger partial charge in [-0.25, -0.2) is 8.42 Å². The van der Waals surface area contributed by atoms with E-state index in [2.05, 4.69) is 10.2 Å². The highest BCUT2D eigenvalue weighted by molar-refractivity contribution is 7.88. The quantitative estimate of drug-likeness (QED) is 0.818. The summed E-state index contributed by atoms with van der Waals surface area (Å²) in [6.07, 6.45) is 1.39. The molecule has 1 unspecified atom stereocenters. The molecule has 2 aromatic rings. The number of rotatable bonds is 5. The van der Waals surface area contributed by atoms with E-state index in [0.717, 1.165) is 29.7 Å². The molecule has 0 radical (unpaired) electrons. The van der Waals surface area contributed by atoms with Crippen molar-refractivity contribution < 1.29 is 13.2 Å². The lowest BCUT2D eigenvalue weighted by atomic mass is 10.1. The fourth-order valence-electron chi connectivity index (χ4n) is 2.86. The Labute approximate surface area is 148 Å².